The molecule has 0 N–H and O–H groups in total. The highest BCUT2D eigenvalue weighted by molar-refractivity contribution is 7.09. The van der Waals surface area contributed by atoms with Gasteiger partial charge in [0.1, 0.15) is 5.82 Å². The zero-order valence-corrected chi connectivity index (χ0v) is 19.2. The Kier molecular flexibility index (Phi) is 7.02. The highest BCUT2D eigenvalue weighted by atomic mass is 32.1. The van der Waals surface area contributed by atoms with Gasteiger partial charge in [-0.3, -0.25) is 4.79 Å². The predicted octanol–water partition coefficient (Wildman–Crippen LogP) is 3.68. The molecule has 4 rings (SSSR count). The van der Waals surface area contributed by atoms with E-state index in [-0.39, 0.29) is 12.4 Å². The number of morpholine rings is 1. The molecule has 8 heteroatoms. The Morgan fingerprint density at radius 1 is 1.19 bits per heavy atom. The lowest BCUT2D eigenvalue weighted by atomic mass is 10.1. The van der Waals surface area contributed by atoms with Gasteiger partial charge in [-0.2, -0.15) is 0 Å². The summed E-state index contributed by atoms with van der Waals surface area (Å²) in [6.07, 6.45) is 2.41. The highest BCUT2D eigenvalue weighted by Gasteiger charge is 2.19. The van der Waals surface area contributed by atoms with Gasteiger partial charge in [0, 0.05) is 47.7 Å². The molecule has 4 heterocycles. The minimum absolute atomic E-state index is 0.202. The minimum atomic E-state index is -0.550. The zero-order chi connectivity index (χ0) is 22.5. The van der Waals surface area contributed by atoms with Crippen LogP contribution in [-0.4, -0.2) is 54.2 Å². The Bertz CT molecular complexity index is 1070. The lowest BCUT2D eigenvalue weighted by molar-refractivity contribution is 0.0474. The van der Waals surface area contributed by atoms with Crippen LogP contribution >= 0.6 is 11.3 Å². The summed E-state index contributed by atoms with van der Waals surface area (Å²) >= 11 is 1.73. The molecular formula is C24H27N3O4S. The number of nitrogens with zero attached hydrogens (tertiary/aromatic N) is 3. The number of esters is 1. The fourth-order valence-corrected chi connectivity index (χ4v) is 4.58. The van der Waals surface area contributed by atoms with Crippen LogP contribution in [0.3, 0.4) is 0 Å². The fourth-order valence-electron chi connectivity index (χ4n) is 3.88. The van der Waals surface area contributed by atoms with E-state index in [2.05, 4.69) is 25.9 Å². The van der Waals surface area contributed by atoms with Crippen molar-refractivity contribution in [2.24, 2.45) is 0 Å². The third-order valence-electron chi connectivity index (χ3n) is 5.69. The molecule has 3 aromatic rings. The van der Waals surface area contributed by atoms with Crippen LogP contribution in [0.1, 0.15) is 37.0 Å². The van der Waals surface area contributed by atoms with E-state index in [1.165, 1.54) is 11.1 Å². The van der Waals surface area contributed by atoms with Crippen molar-refractivity contribution in [1.29, 1.82) is 0 Å². The largest absolute Gasteiger partial charge is 0.454 e. The Morgan fingerprint density at radius 3 is 2.69 bits per heavy atom. The Labute approximate surface area is 191 Å². The number of pyridine rings is 1. The molecular weight excluding hydrogens is 426 g/mol. The quantitative estimate of drug-likeness (QED) is 0.383. The van der Waals surface area contributed by atoms with Crippen molar-refractivity contribution in [1.82, 2.24) is 9.55 Å². The molecule has 7 nitrogen and oxygen atoms in total. The van der Waals surface area contributed by atoms with E-state index in [4.69, 9.17) is 9.47 Å². The SMILES string of the molecule is Cc1cc(C(=O)COC(=O)c2ccc(N3CCOCC3)nc2)c(C)n1CCc1cccs1. The van der Waals surface area contributed by atoms with E-state index >= 15 is 0 Å². The van der Waals surface area contributed by atoms with Crippen molar-refractivity contribution in [3.05, 3.63) is 69.3 Å². The molecule has 0 aromatic carbocycles. The van der Waals surface area contributed by atoms with Crippen LogP contribution in [0.4, 0.5) is 5.82 Å². The van der Waals surface area contributed by atoms with Crippen molar-refractivity contribution >= 4 is 28.9 Å². The Morgan fingerprint density at radius 2 is 2.00 bits per heavy atom. The molecule has 0 saturated carbocycles. The summed E-state index contributed by atoms with van der Waals surface area (Å²) in [5.74, 6) is 0.0496. The topological polar surface area (TPSA) is 73.7 Å². The summed E-state index contributed by atoms with van der Waals surface area (Å²) in [7, 11) is 0. The van der Waals surface area contributed by atoms with E-state index in [0.717, 1.165) is 43.3 Å². The van der Waals surface area contributed by atoms with Crippen LogP contribution in [0.5, 0.6) is 0 Å². The summed E-state index contributed by atoms with van der Waals surface area (Å²) in [4.78, 5) is 32.9. The van der Waals surface area contributed by atoms with Crippen molar-refractivity contribution in [2.75, 3.05) is 37.8 Å². The number of hydrogen-bond donors (Lipinski definition) is 0. The van der Waals surface area contributed by atoms with Crippen molar-refractivity contribution in [3.8, 4) is 0 Å². The first-order chi connectivity index (χ1) is 15.5. The molecule has 1 aliphatic heterocycles. The summed E-state index contributed by atoms with van der Waals surface area (Å²) < 4.78 is 12.8. The Balaban J connectivity index is 1.34. The minimum Gasteiger partial charge on any atom is -0.454 e. The number of carbonyl (C=O) groups is 2. The third kappa shape index (κ3) is 5.08. The zero-order valence-electron chi connectivity index (χ0n) is 18.4. The smallest absolute Gasteiger partial charge is 0.340 e. The standard InChI is InChI=1S/C24H27N3O4S/c1-17-14-21(18(2)27(17)8-7-20-4-3-13-32-20)22(28)16-31-24(29)19-5-6-23(25-15-19)26-9-11-30-12-10-26/h3-6,13-15H,7-12,16H2,1-2H3. The molecule has 1 saturated heterocycles. The summed E-state index contributed by atoms with van der Waals surface area (Å²) in [5.41, 5.74) is 2.85. The maximum Gasteiger partial charge on any atom is 0.340 e. The monoisotopic (exact) mass is 453 g/mol. The normalized spacial score (nSPS) is 13.9. The van der Waals surface area contributed by atoms with Gasteiger partial charge >= 0.3 is 5.97 Å². The van der Waals surface area contributed by atoms with Gasteiger partial charge in [0.05, 0.1) is 18.8 Å². The number of carbonyl (C=O) groups excluding carboxylic acids is 2. The van der Waals surface area contributed by atoms with E-state index in [0.29, 0.717) is 24.3 Å². The second-order valence-electron chi connectivity index (χ2n) is 7.77. The molecule has 0 bridgehead atoms. The highest BCUT2D eigenvalue weighted by Crippen LogP contribution is 2.19. The molecule has 1 aliphatic rings. The number of hydrogen-bond acceptors (Lipinski definition) is 7. The van der Waals surface area contributed by atoms with Gasteiger partial charge in [-0.15, -0.1) is 11.3 Å². The number of ether oxygens (including phenoxy) is 2. The summed E-state index contributed by atoms with van der Waals surface area (Å²) in [5, 5.41) is 2.07. The van der Waals surface area contributed by atoms with Crippen LogP contribution < -0.4 is 4.90 Å². The number of thiophene rings is 1. The molecule has 0 unspecified atom stereocenters. The van der Waals surface area contributed by atoms with Crippen molar-refractivity contribution in [3.63, 3.8) is 0 Å². The first-order valence-electron chi connectivity index (χ1n) is 10.7. The number of Topliss-reactive ketones (excluding diaryl/α,β-unsaturated/α-hetero) is 1. The van der Waals surface area contributed by atoms with Crippen LogP contribution in [0.2, 0.25) is 0 Å². The molecule has 0 radical (unpaired) electrons. The molecule has 168 valence electrons. The number of anilines is 1. The van der Waals surface area contributed by atoms with Gasteiger partial charge in [0.15, 0.2) is 6.61 Å². The molecule has 1 fully saturated rings. The predicted molar refractivity (Wildman–Crippen MR) is 124 cm³/mol. The molecule has 3 aromatic heterocycles. The fraction of sp³-hybridized carbons (Fsp3) is 0.375. The van der Waals surface area contributed by atoms with Crippen molar-refractivity contribution < 1.29 is 19.1 Å². The van der Waals surface area contributed by atoms with Gasteiger partial charge in [0.2, 0.25) is 5.78 Å². The van der Waals surface area contributed by atoms with E-state index in [9.17, 15) is 9.59 Å². The van der Waals surface area contributed by atoms with Crippen LogP contribution in [0.15, 0.2) is 41.9 Å². The van der Waals surface area contributed by atoms with Crippen LogP contribution in [0.25, 0.3) is 0 Å². The maximum absolute atomic E-state index is 12.7. The van der Waals surface area contributed by atoms with Crippen molar-refractivity contribution in [2.45, 2.75) is 26.8 Å². The Hall–Kier alpha value is -2.97. The maximum atomic E-state index is 12.7. The third-order valence-corrected chi connectivity index (χ3v) is 6.63. The second kappa shape index (κ2) is 10.1. The average molecular weight is 454 g/mol. The lowest BCUT2D eigenvalue weighted by Gasteiger charge is -2.27. The molecule has 0 atom stereocenters. The number of ketones is 1. The number of aryl methyl sites for hydroxylation is 2. The van der Waals surface area contributed by atoms with E-state index in [1.807, 2.05) is 26.0 Å². The lowest BCUT2D eigenvalue weighted by Crippen LogP contribution is -2.36. The van der Waals surface area contributed by atoms with Gasteiger partial charge in [-0.05, 0) is 49.9 Å². The average Bonchev–Trinajstić information content (AvgIpc) is 3.44. The second-order valence-corrected chi connectivity index (χ2v) is 8.80. The molecule has 0 spiro atoms. The molecule has 0 amide bonds. The first kappa shape index (κ1) is 22.2. The molecule has 0 aliphatic carbocycles. The van der Waals surface area contributed by atoms with E-state index < -0.39 is 5.97 Å². The van der Waals surface area contributed by atoms with Gasteiger partial charge in [0.25, 0.3) is 0 Å². The number of rotatable bonds is 8. The van der Waals surface area contributed by atoms with Crippen LogP contribution in [0, 0.1) is 13.8 Å². The van der Waals surface area contributed by atoms with E-state index in [1.54, 1.807) is 23.5 Å². The van der Waals surface area contributed by atoms with Gasteiger partial charge in [-0.1, -0.05) is 6.07 Å². The van der Waals surface area contributed by atoms with Gasteiger partial charge in [-0.25, -0.2) is 9.78 Å². The first-order valence-corrected chi connectivity index (χ1v) is 11.6. The summed E-state index contributed by atoms with van der Waals surface area (Å²) in [6, 6.07) is 9.52. The summed E-state index contributed by atoms with van der Waals surface area (Å²) in [6.45, 7) is 7.33. The number of aromatic nitrogens is 2. The van der Waals surface area contributed by atoms with Gasteiger partial charge < -0.3 is 18.9 Å². The molecule has 32 heavy (non-hydrogen) atoms. The van der Waals surface area contributed by atoms with Crippen LogP contribution in [-0.2, 0) is 22.4 Å².